The van der Waals surface area contributed by atoms with Crippen molar-refractivity contribution in [2.75, 3.05) is 37.4 Å². The summed E-state index contributed by atoms with van der Waals surface area (Å²) in [5.41, 5.74) is 2.91. The molecular formula is C23H31N3O3S. The summed E-state index contributed by atoms with van der Waals surface area (Å²) in [4.78, 5) is 17.3. The number of sulfonamides is 1. The summed E-state index contributed by atoms with van der Waals surface area (Å²) in [5.74, 6) is -0.107. The molecule has 1 N–H and O–H groups in total. The quantitative estimate of drug-likeness (QED) is 0.731. The molecule has 1 amide bonds. The van der Waals surface area contributed by atoms with Crippen LogP contribution in [0.2, 0.25) is 0 Å². The summed E-state index contributed by atoms with van der Waals surface area (Å²) in [5, 5.41) is 0. The lowest BCUT2D eigenvalue weighted by atomic mass is 10.1. The van der Waals surface area contributed by atoms with Gasteiger partial charge in [-0.25, -0.2) is 8.42 Å². The van der Waals surface area contributed by atoms with Gasteiger partial charge < -0.3 is 9.80 Å². The molecule has 0 saturated carbocycles. The Kier molecular flexibility index (Phi) is 7.15. The summed E-state index contributed by atoms with van der Waals surface area (Å²) in [6.45, 7) is 10.0. The highest BCUT2D eigenvalue weighted by Gasteiger charge is 2.24. The Morgan fingerprint density at radius 3 is 2.27 bits per heavy atom. The highest BCUT2D eigenvalue weighted by molar-refractivity contribution is 7.92. The molecule has 1 heterocycles. The zero-order valence-electron chi connectivity index (χ0n) is 18.0. The molecule has 0 aromatic heterocycles. The van der Waals surface area contributed by atoms with Crippen molar-refractivity contribution in [1.82, 2.24) is 9.80 Å². The van der Waals surface area contributed by atoms with Crippen molar-refractivity contribution in [1.29, 1.82) is 0 Å². The number of hydrogen-bond donors (Lipinski definition) is 1. The Balaban J connectivity index is 1.78. The van der Waals surface area contributed by atoms with Crippen molar-refractivity contribution in [3.8, 4) is 0 Å². The number of carbonyl (C=O) groups excluding carboxylic acids is 1. The maximum atomic E-state index is 13.0. The Labute approximate surface area is 179 Å². The fourth-order valence-electron chi connectivity index (χ4n) is 3.68. The van der Waals surface area contributed by atoms with Gasteiger partial charge in [-0.15, -0.1) is 0 Å². The molecule has 30 heavy (non-hydrogen) atoms. The molecule has 0 spiro atoms. The number of amides is 1. The number of hydrogen-bond acceptors (Lipinski definition) is 4. The summed E-state index contributed by atoms with van der Waals surface area (Å²) >= 11 is 0. The van der Waals surface area contributed by atoms with E-state index in [-0.39, 0.29) is 10.8 Å². The molecule has 0 bridgehead atoms. The first-order valence-electron chi connectivity index (χ1n) is 10.6. The van der Waals surface area contributed by atoms with E-state index < -0.39 is 10.0 Å². The van der Waals surface area contributed by atoms with Crippen molar-refractivity contribution in [3.63, 3.8) is 0 Å². The predicted molar refractivity (Wildman–Crippen MR) is 120 cm³/mol. The highest BCUT2D eigenvalue weighted by Crippen LogP contribution is 2.21. The number of anilines is 1. The molecular weight excluding hydrogens is 398 g/mol. The van der Waals surface area contributed by atoms with E-state index in [9.17, 15) is 13.2 Å². The van der Waals surface area contributed by atoms with Gasteiger partial charge in [-0.05, 0) is 55.3 Å². The minimum atomic E-state index is -3.78. The van der Waals surface area contributed by atoms with E-state index >= 15 is 0 Å². The molecule has 3 rings (SSSR count). The second-order valence-corrected chi connectivity index (χ2v) is 9.44. The van der Waals surface area contributed by atoms with E-state index in [4.69, 9.17) is 0 Å². The topological polar surface area (TPSA) is 69.7 Å². The fraction of sp³-hybridized carbons (Fsp3) is 0.435. The van der Waals surface area contributed by atoms with Crippen molar-refractivity contribution in [3.05, 3.63) is 59.2 Å². The third-order valence-corrected chi connectivity index (χ3v) is 6.98. The van der Waals surface area contributed by atoms with E-state index in [1.54, 1.807) is 24.3 Å². The molecule has 1 fully saturated rings. The molecule has 0 aliphatic carbocycles. The minimum Gasteiger partial charge on any atom is -0.336 e. The van der Waals surface area contributed by atoms with E-state index in [0.717, 1.165) is 38.0 Å². The summed E-state index contributed by atoms with van der Waals surface area (Å²) in [6, 6.07) is 12.2. The van der Waals surface area contributed by atoms with Crippen LogP contribution in [0.5, 0.6) is 0 Å². The van der Waals surface area contributed by atoms with Crippen molar-refractivity contribution in [2.24, 2.45) is 0 Å². The van der Waals surface area contributed by atoms with Gasteiger partial charge >= 0.3 is 0 Å². The zero-order valence-corrected chi connectivity index (χ0v) is 18.8. The molecule has 1 saturated heterocycles. The van der Waals surface area contributed by atoms with Gasteiger partial charge in [-0.2, -0.15) is 0 Å². The van der Waals surface area contributed by atoms with Crippen LogP contribution in [0.25, 0.3) is 0 Å². The van der Waals surface area contributed by atoms with Gasteiger partial charge in [0.15, 0.2) is 0 Å². The van der Waals surface area contributed by atoms with Gasteiger partial charge in [0.05, 0.1) is 4.90 Å². The van der Waals surface area contributed by atoms with Gasteiger partial charge in [-0.3, -0.25) is 9.52 Å². The molecule has 1 aliphatic heterocycles. The van der Waals surface area contributed by atoms with Crippen LogP contribution < -0.4 is 4.72 Å². The van der Waals surface area contributed by atoms with Crippen molar-refractivity contribution < 1.29 is 13.2 Å². The second-order valence-electron chi connectivity index (χ2n) is 7.76. The van der Waals surface area contributed by atoms with Gasteiger partial charge in [-0.1, -0.05) is 38.5 Å². The molecule has 0 unspecified atom stereocenters. The van der Waals surface area contributed by atoms with Crippen molar-refractivity contribution in [2.45, 2.75) is 38.5 Å². The highest BCUT2D eigenvalue weighted by atomic mass is 32.2. The van der Waals surface area contributed by atoms with E-state index in [1.165, 1.54) is 11.6 Å². The van der Waals surface area contributed by atoms with Crippen LogP contribution in [0.4, 0.5) is 5.69 Å². The third-order valence-electron chi connectivity index (χ3n) is 5.60. The van der Waals surface area contributed by atoms with Crippen LogP contribution in [0.3, 0.4) is 0 Å². The number of carbonyl (C=O) groups is 1. The molecule has 7 heteroatoms. The standard InChI is InChI=1S/C23H31N3O3S/c1-4-6-19-8-10-20(11-9-19)24-30(28,29)21-12-7-18(3)22(17-21)23(27)26-15-13-25(5-2)14-16-26/h7-12,17,24H,4-6,13-16H2,1-3H3. The van der Waals surface area contributed by atoms with Crippen LogP contribution in [-0.4, -0.2) is 56.8 Å². The molecule has 6 nitrogen and oxygen atoms in total. The van der Waals surface area contributed by atoms with Gasteiger partial charge in [0, 0.05) is 37.4 Å². The molecule has 0 atom stereocenters. The monoisotopic (exact) mass is 429 g/mol. The normalized spacial score (nSPS) is 15.2. The third kappa shape index (κ3) is 5.21. The Morgan fingerprint density at radius 1 is 1.00 bits per heavy atom. The Morgan fingerprint density at radius 2 is 1.67 bits per heavy atom. The molecule has 0 radical (unpaired) electrons. The van der Waals surface area contributed by atoms with Crippen LogP contribution in [0.15, 0.2) is 47.4 Å². The Hall–Kier alpha value is -2.38. The number of aryl methyl sites for hydroxylation is 2. The van der Waals surface area contributed by atoms with E-state index in [0.29, 0.717) is 24.3 Å². The molecule has 1 aliphatic rings. The van der Waals surface area contributed by atoms with Gasteiger partial charge in [0.2, 0.25) is 0 Å². The number of rotatable bonds is 7. The van der Waals surface area contributed by atoms with E-state index in [1.807, 2.05) is 24.0 Å². The first kappa shape index (κ1) is 22.3. The number of benzene rings is 2. The summed E-state index contributed by atoms with van der Waals surface area (Å²) < 4.78 is 28.5. The fourth-order valence-corrected chi connectivity index (χ4v) is 4.76. The lowest BCUT2D eigenvalue weighted by Crippen LogP contribution is -2.48. The number of nitrogens with one attached hydrogen (secondary N) is 1. The number of piperazine rings is 1. The zero-order chi connectivity index (χ0) is 21.7. The van der Waals surface area contributed by atoms with Crippen molar-refractivity contribution >= 4 is 21.6 Å². The summed E-state index contributed by atoms with van der Waals surface area (Å²) in [7, 11) is -3.78. The Bertz CT molecular complexity index is 979. The predicted octanol–water partition coefficient (Wildman–Crippen LogP) is 3.53. The average molecular weight is 430 g/mol. The first-order chi connectivity index (χ1) is 14.3. The largest absolute Gasteiger partial charge is 0.336 e. The summed E-state index contributed by atoms with van der Waals surface area (Å²) in [6.07, 6.45) is 2.00. The lowest BCUT2D eigenvalue weighted by molar-refractivity contribution is 0.0642. The van der Waals surface area contributed by atoms with Crippen LogP contribution in [-0.2, 0) is 16.4 Å². The van der Waals surface area contributed by atoms with Crippen LogP contribution in [0, 0.1) is 6.92 Å². The smallest absolute Gasteiger partial charge is 0.261 e. The van der Waals surface area contributed by atoms with Crippen LogP contribution in [0.1, 0.15) is 41.8 Å². The molecule has 2 aromatic carbocycles. The lowest BCUT2D eigenvalue weighted by Gasteiger charge is -2.34. The second kappa shape index (κ2) is 9.62. The molecule has 162 valence electrons. The van der Waals surface area contributed by atoms with E-state index in [2.05, 4.69) is 23.5 Å². The maximum absolute atomic E-state index is 13.0. The SMILES string of the molecule is CCCc1ccc(NS(=O)(=O)c2ccc(C)c(C(=O)N3CCN(CC)CC3)c2)cc1. The number of likely N-dealkylation sites (N-methyl/N-ethyl adjacent to an activating group) is 1. The van der Waals surface area contributed by atoms with Gasteiger partial charge in [0.25, 0.3) is 15.9 Å². The molecule has 2 aromatic rings. The first-order valence-corrected chi connectivity index (χ1v) is 12.1. The number of nitrogens with zero attached hydrogens (tertiary/aromatic N) is 2. The minimum absolute atomic E-state index is 0.0984. The average Bonchev–Trinajstić information content (AvgIpc) is 2.75. The maximum Gasteiger partial charge on any atom is 0.261 e. The van der Waals surface area contributed by atoms with Gasteiger partial charge in [0.1, 0.15) is 0 Å². The van der Waals surface area contributed by atoms with Crippen LogP contribution >= 0.6 is 0 Å².